The Morgan fingerprint density at radius 1 is 1.05 bits per heavy atom. The van der Waals surface area contributed by atoms with Crippen molar-refractivity contribution in [2.75, 3.05) is 11.9 Å². The van der Waals surface area contributed by atoms with E-state index in [4.69, 9.17) is 4.74 Å². The van der Waals surface area contributed by atoms with Crippen LogP contribution in [0, 0.1) is 0 Å². The number of aryl methyl sites for hydroxylation is 1. The van der Waals surface area contributed by atoms with Crippen molar-refractivity contribution in [2.45, 2.75) is 26.7 Å². The summed E-state index contributed by atoms with van der Waals surface area (Å²) in [6.07, 6.45) is 1.86. The fraction of sp³-hybridized carbons (Fsp3) is 0.278. The molecule has 0 atom stereocenters. The molecule has 0 radical (unpaired) electrons. The minimum absolute atomic E-state index is 0.0991. The van der Waals surface area contributed by atoms with Gasteiger partial charge in [-0.3, -0.25) is 4.79 Å². The van der Waals surface area contributed by atoms with Gasteiger partial charge in [0.15, 0.2) is 0 Å². The highest BCUT2D eigenvalue weighted by Gasteiger charge is 2.08. The Morgan fingerprint density at radius 2 is 1.76 bits per heavy atom. The molecular weight excluding hydrogens is 262 g/mol. The van der Waals surface area contributed by atoms with Gasteiger partial charge in [0, 0.05) is 11.3 Å². The van der Waals surface area contributed by atoms with Gasteiger partial charge in [0.2, 0.25) is 0 Å². The number of ether oxygens (including phenoxy) is 1. The van der Waals surface area contributed by atoms with E-state index in [1.807, 2.05) is 36.4 Å². The standard InChI is InChI=1S/C18H21NO2/c1-3-13-21-16-11-9-15(10-12-16)18(20)19-17-8-6-5-7-14(17)4-2/h5-12H,3-4,13H2,1-2H3,(H,19,20). The van der Waals surface area contributed by atoms with Crippen molar-refractivity contribution >= 4 is 11.6 Å². The second-order valence-electron chi connectivity index (χ2n) is 4.84. The Hall–Kier alpha value is -2.29. The molecule has 2 aromatic carbocycles. The van der Waals surface area contributed by atoms with Gasteiger partial charge in [-0.2, -0.15) is 0 Å². The molecule has 0 aliphatic heterocycles. The van der Waals surface area contributed by atoms with Crippen LogP contribution >= 0.6 is 0 Å². The van der Waals surface area contributed by atoms with Gasteiger partial charge in [-0.25, -0.2) is 0 Å². The maximum Gasteiger partial charge on any atom is 0.255 e. The monoisotopic (exact) mass is 283 g/mol. The lowest BCUT2D eigenvalue weighted by Crippen LogP contribution is -2.13. The molecule has 0 heterocycles. The molecule has 3 heteroatoms. The molecule has 0 aromatic heterocycles. The van der Waals surface area contributed by atoms with Crippen molar-refractivity contribution in [1.82, 2.24) is 0 Å². The van der Waals surface area contributed by atoms with Gasteiger partial charge in [-0.1, -0.05) is 32.0 Å². The molecular formula is C18H21NO2. The minimum Gasteiger partial charge on any atom is -0.494 e. The number of nitrogens with one attached hydrogen (secondary N) is 1. The largest absolute Gasteiger partial charge is 0.494 e. The summed E-state index contributed by atoms with van der Waals surface area (Å²) in [5.74, 6) is 0.695. The zero-order chi connectivity index (χ0) is 15.1. The maximum absolute atomic E-state index is 12.3. The van der Waals surface area contributed by atoms with Gasteiger partial charge in [0.25, 0.3) is 5.91 Å². The first-order valence-electron chi connectivity index (χ1n) is 7.36. The zero-order valence-electron chi connectivity index (χ0n) is 12.6. The average molecular weight is 283 g/mol. The lowest BCUT2D eigenvalue weighted by molar-refractivity contribution is 0.102. The van der Waals surface area contributed by atoms with Crippen LogP contribution in [0.1, 0.15) is 36.2 Å². The second-order valence-corrected chi connectivity index (χ2v) is 4.84. The smallest absolute Gasteiger partial charge is 0.255 e. The Kier molecular flexibility index (Phi) is 5.38. The average Bonchev–Trinajstić information content (AvgIpc) is 2.54. The van der Waals surface area contributed by atoms with Crippen molar-refractivity contribution in [2.24, 2.45) is 0 Å². The summed E-state index contributed by atoms with van der Waals surface area (Å²) >= 11 is 0. The van der Waals surface area contributed by atoms with Crippen LogP contribution in [0.25, 0.3) is 0 Å². The molecule has 0 aliphatic rings. The summed E-state index contributed by atoms with van der Waals surface area (Å²) in [6.45, 7) is 4.83. The Morgan fingerprint density at radius 3 is 2.43 bits per heavy atom. The molecule has 0 spiro atoms. The predicted molar refractivity (Wildman–Crippen MR) is 86.0 cm³/mol. The molecule has 0 saturated heterocycles. The van der Waals surface area contributed by atoms with Gasteiger partial charge in [0.1, 0.15) is 5.75 Å². The fourth-order valence-corrected chi connectivity index (χ4v) is 2.07. The second kappa shape index (κ2) is 7.48. The molecule has 0 saturated carbocycles. The van der Waals surface area contributed by atoms with Crippen molar-refractivity contribution in [3.05, 3.63) is 59.7 Å². The van der Waals surface area contributed by atoms with E-state index in [1.54, 1.807) is 12.1 Å². The molecule has 3 nitrogen and oxygen atoms in total. The number of para-hydroxylation sites is 1. The van der Waals surface area contributed by atoms with Crippen LogP contribution in [0.2, 0.25) is 0 Å². The summed E-state index contributed by atoms with van der Waals surface area (Å²) < 4.78 is 5.51. The minimum atomic E-state index is -0.0991. The third-order valence-electron chi connectivity index (χ3n) is 3.24. The summed E-state index contributed by atoms with van der Waals surface area (Å²) in [4.78, 5) is 12.3. The van der Waals surface area contributed by atoms with Crippen molar-refractivity contribution in [3.63, 3.8) is 0 Å². The number of carbonyl (C=O) groups is 1. The van der Waals surface area contributed by atoms with Crippen LogP contribution in [-0.4, -0.2) is 12.5 Å². The number of amides is 1. The molecule has 1 N–H and O–H groups in total. The van der Waals surface area contributed by atoms with Crippen LogP contribution in [0.3, 0.4) is 0 Å². The molecule has 2 aromatic rings. The molecule has 0 unspecified atom stereocenters. The summed E-state index contributed by atoms with van der Waals surface area (Å²) in [5.41, 5.74) is 2.63. The Labute approximate surface area is 126 Å². The normalized spacial score (nSPS) is 10.2. The van der Waals surface area contributed by atoms with E-state index in [0.717, 1.165) is 29.8 Å². The first-order chi connectivity index (χ1) is 10.2. The highest BCUT2D eigenvalue weighted by Crippen LogP contribution is 2.18. The van der Waals surface area contributed by atoms with E-state index in [2.05, 4.69) is 19.2 Å². The number of hydrogen-bond acceptors (Lipinski definition) is 2. The van der Waals surface area contributed by atoms with Crippen LogP contribution in [0.5, 0.6) is 5.75 Å². The van der Waals surface area contributed by atoms with Gasteiger partial charge in [-0.05, 0) is 48.7 Å². The number of hydrogen-bond donors (Lipinski definition) is 1. The predicted octanol–water partition coefficient (Wildman–Crippen LogP) is 4.29. The van der Waals surface area contributed by atoms with E-state index >= 15 is 0 Å². The van der Waals surface area contributed by atoms with Crippen LogP contribution in [0.4, 0.5) is 5.69 Å². The van der Waals surface area contributed by atoms with Gasteiger partial charge in [-0.15, -0.1) is 0 Å². The maximum atomic E-state index is 12.3. The third-order valence-corrected chi connectivity index (χ3v) is 3.24. The van der Waals surface area contributed by atoms with E-state index in [0.29, 0.717) is 12.2 Å². The van der Waals surface area contributed by atoms with E-state index in [-0.39, 0.29) is 5.91 Å². The summed E-state index contributed by atoms with van der Waals surface area (Å²) in [7, 11) is 0. The topological polar surface area (TPSA) is 38.3 Å². The Bertz CT molecular complexity index is 590. The number of anilines is 1. The summed E-state index contributed by atoms with van der Waals surface area (Å²) in [6, 6.07) is 15.1. The highest BCUT2D eigenvalue weighted by molar-refractivity contribution is 6.04. The lowest BCUT2D eigenvalue weighted by atomic mass is 10.1. The molecule has 0 bridgehead atoms. The Balaban J connectivity index is 2.06. The van der Waals surface area contributed by atoms with Gasteiger partial charge >= 0.3 is 0 Å². The number of benzene rings is 2. The zero-order valence-corrected chi connectivity index (χ0v) is 12.6. The highest BCUT2D eigenvalue weighted by atomic mass is 16.5. The quantitative estimate of drug-likeness (QED) is 0.858. The molecule has 0 fully saturated rings. The SMILES string of the molecule is CCCOc1ccc(C(=O)Nc2ccccc2CC)cc1. The molecule has 21 heavy (non-hydrogen) atoms. The molecule has 1 amide bonds. The first kappa shape index (κ1) is 15.1. The van der Waals surface area contributed by atoms with Crippen LogP contribution in [-0.2, 0) is 6.42 Å². The number of rotatable bonds is 6. The van der Waals surface area contributed by atoms with Crippen LogP contribution in [0.15, 0.2) is 48.5 Å². The fourth-order valence-electron chi connectivity index (χ4n) is 2.07. The lowest BCUT2D eigenvalue weighted by Gasteiger charge is -2.10. The third kappa shape index (κ3) is 4.09. The molecule has 110 valence electrons. The van der Waals surface area contributed by atoms with Crippen molar-refractivity contribution < 1.29 is 9.53 Å². The van der Waals surface area contributed by atoms with Gasteiger partial charge in [0.05, 0.1) is 6.61 Å². The van der Waals surface area contributed by atoms with Crippen molar-refractivity contribution in [1.29, 1.82) is 0 Å². The van der Waals surface area contributed by atoms with E-state index < -0.39 is 0 Å². The van der Waals surface area contributed by atoms with E-state index in [9.17, 15) is 4.79 Å². The van der Waals surface area contributed by atoms with Gasteiger partial charge < -0.3 is 10.1 Å². The summed E-state index contributed by atoms with van der Waals surface area (Å²) in [5, 5.41) is 2.96. The number of carbonyl (C=O) groups excluding carboxylic acids is 1. The molecule has 0 aliphatic carbocycles. The molecule has 2 rings (SSSR count). The van der Waals surface area contributed by atoms with Crippen LogP contribution < -0.4 is 10.1 Å². The first-order valence-corrected chi connectivity index (χ1v) is 7.36. The van der Waals surface area contributed by atoms with E-state index in [1.165, 1.54) is 0 Å². The van der Waals surface area contributed by atoms with Crippen molar-refractivity contribution in [3.8, 4) is 5.75 Å².